The number of rotatable bonds is 23. The quantitative estimate of drug-likeness (QED) is 0.0841. The first-order valence-electron chi connectivity index (χ1n) is 21.2. The molecule has 2 saturated carbocycles. The smallest absolute Gasteiger partial charge is 0.338 e. The molecule has 2 aromatic rings. The third-order valence-electron chi connectivity index (χ3n) is 11.8. The summed E-state index contributed by atoms with van der Waals surface area (Å²) < 4.78 is 23.2. The molecule has 0 amide bonds. The molecule has 0 aliphatic heterocycles. The van der Waals surface area contributed by atoms with Gasteiger partial charge in [-0.1, -0.05) is 117 Å². The van der Waals surface area contributed by atoms with E-state index >= 15 is 0 Å². The Morgan fingerprint density at radius 2 is 0.808 bits per heavy atom. The molecule has 2 aromatic carbocycles. The third kappa shape index (κ3) is 15.1. The van der Waals surface area contributed by atoms with Crippen molar-refractivity contribution in [2.75, 3.05) is 13.2 Å². The van der Waals surface area contributed by atoms with E-state index in [1.54, 1.807) is 38.1 Å². The Kier molecular flexibility index (Phi) is 18.9. The highest BCUT2D eigenvalue weighted by atomic mass is 16.6. The lowest BCUT2D eigenvalue weighted by Crippen LogP contribution is -2.30. The predicted octanol–water partition coefficient (Wildman–Crippen LogP) is 12.6. The summed E-state index contributed by atoms with van der Waals surface area (Å²) in [5.41, 5.74) is 0.878. The molecule has 0 saturated heterocycles. The molecule has 0 bridgehead atoms. The average Bonchev–Trinajstić information content (AvgIpc) is 3.17. The van der Waals surface area contributed by atoms with Crippen LogP contribution in [0.4, 0.5) is 0 Å². The number of benzene rings is 2. The third-order valence-corrected chi connectivity index (χ3v) is 11.8. The van der Waals surface area contributed by atoms with Crippen molar-refractivity contribution in [2.24, 2.45) is 23.7 Å². The number of ether oxygens (including phenoxy) is 4. The maximum atomic E-state index is 12.8. The summed E-state index contributed by atoms with van der Waals surface area (Å²) in [4.78, 5) is 25.7. The lowest BCUT2D eigenvalue weighted by Gasteiger charge is -2.28. The summed E-state index contributed by atoms with van der Waals surface area (Å²) >= 11 is 0. The van der Waals surface area contributed by atoms with Crippen molar-refractivity contribution in [1.82, 2.24) is 0 Å². The summed E-state index contributed by atoms with van der Waals surface area (Å²) in [6.07, 6.45) is 25.4. The zero-order chi connectivity index (χ0) is 37.0. The summed E-state index contributed by atoms with van der Waals surface area (Å²) in [5, 5.41) is 0. The first-order chi connectivity index (χ1) is 25.3. The van der Waals surface area contributed by atoms with Crippen LogP contribution in [0.5, 0.6) is 11.5 Å². The van der Waals surface area contributed by atoms with Crippen LogP contribution in [-0.4, -0.2) is 37.4 Å². The Hall–Kier alpha value is -3.02. The second-order valence-electron chi connectivity index (χ2n) is 16.0. The zero-order valence-electron chi connectivity index (χ0n) is 33.1. The Morgan fingerprint density at radius 1 is 0.500 bits per heavy atom. The van der Waals surface area contributed by atoms with E-state index in [9.17, 15) is 9.59 Å². The molecule has 6 nitrogen and oxygen atoms in total. The van der Waals surface area contributed by atoms with Gasteiger partial charge in [-0.05, 0) is 112 Å². The van der Waals surface area contributed by atoms with Crippen LogP contribution < -0.4 is 9.47 Å². The fourth-order valence-electron chi connectivity index (χ4n) is 8.15. The Morgan fingerprint density at radius 3 is 1.12 bits per heavy atom. The van der Waals surface area contributed by atoms with Crippen LogP contribution in [0, 0.1) is 23.7 Å². The lowest BCUT2D eigenvalue weighted by molar-refractivity contribution is -0.0239. The van der Waals surface area contributed by atoms with Gasteiger partial charge in [-0.15, -0.1) is 0 Å². The first kappa shape index (κ1) is 41.7. The van der Waals surface area contributed by atoms with Crippen molar-refractivity contribution in [1.29, 1.82) is 0 Å². The number of carbonyl (C=O) groups excluding carboxylic acids is 2. The van der Waals surface area contributed by atoms with Crippen molar-refractivity contribution in [3.8, 4) is 11.5 Å². The first-order valence-corrected chi connectivity index (χ1v) is 21.2. The van der Waals surface area contributed by atoms with E-state index in [0.29, 0.717) is 24.3 Å². The maximum Gasteiger partial charge on any atom is 0.338 e. The highest BCUT2D eigenvalue weighted by Gasteiger charge is 2.24. The molecule has 0 spiro atoms. The summed E-state index contributed by atoms with van der Waals surface area (Å²) in [7, 11) is 0. The van der Waals surface area contributed by atoms with Gasteiger partial charge in [0.2, 0.25) is 0 Å². The minimum atomic E-state index is -0.613. The van der Waals surface area contributed by atoms with Gasteiger partial charge in [0.15, 0.2) is 0 Å². The molecule has 2 aliphatic rings. The Bertz CT molecular complexity index is 1160. The summed E-state index contributed by atoms with van der Waals surface area (Å²) in [6, 6.07) is 14.2. The molecule has 0 radical (unpaired) electrons. The second kappa shape index (κ2) is 23.6. The lowest BCUT2D eigenvalue weighted by atomic mass is 9.78. The van der Waals surface area contributed by atoms with E-state index in [1.807, 2.05) is 24.3 Å². The fourth-order valence-corrected chi connectivity index (χ4v) is 8.15. The maximum absolute atomic E-state index is 12.8. The van der Waals surface area contributed by atoms with Gasteiger partial charge in [0.25, 0.3) is 0 Å². The van der Waals surface area contributed by atoms with Crippen molar-refractivity contribution >= 4 is 11.9 Å². The van der Waals surface area contributed by atoms with Gasteiger partial charge in [0.1, 0.15) is 23.7 Å². The standard InChI is InChI=1S/C46H70O6/c1-5-7-9-13-37-17-21-39(22-18-37)15-11-33-49-43-29-25-41(26-30-43)45(47)51-35(3)36(4)52-46(48)42-27-31-44(32-28-42)50-34-12-16-40-23-19-38(20-24-40)14-10-8-6-2/h25-32,35-40H,5-24,33-34H2,1-4H3/t35-,36-,37-,38-,39-,40-/m1/s1. The topological polar surface area (TPSA) is 71.1 Å². The average molecular weight is 719 g/mol. The molecule has 2 aliphatic carbocycles. The van der Waals surface area contributed by atoms with Crippen LogP contribution in [0.3, 0.4) is 0 Å². The predicted molar refractivity (Wildman–Crippen MR) is 211 cm³/mol. The van der Waals surface area contributed by atoms with Crippen molar-refractivity contribution in [3.05, 3.63) is 59.7 Å². The van der Waals surface area contributed by atoms with E-state index in [0.717, 1.165) is 48.0 Å². The van der Waals surface area contributed by atoms with Gasteiger partial charge in [-0.25, -0.2) is 9.59 Å². The number of unbranched alkanes of at least 4 members (excludes halogenated alkanes) is 4. The number of carbonyl (C=O) groups is 2. The molecule has 290 valence electrons. The van der Waals surface area contributed by atoms with Crippen LogP contribution in [0.15, 0.2) is 48.5 Å². The van der Waals surface area contributed by atoms with E-state index in [-0.39, 0.29) is 0 Å². The molecule has 6 heteroatoms. The molecule has 0 unspecified atom stereocenters. The molecule has 0 aromatic heterocycles. The van der Waals surface area contributed by atoms with Gasteiger partial charge >= 0.3 is 11.9 Å². The van der Waals surface area contributed by atoms with Crippen molar-refractivity contribution in [3.63, 3.8) is 0 Å². The Labute approximate surface area is 316 Å². The van der Waals surface area contributed by atoms with E-state index in [1.165, 1.54) is 116 Å². The second-order valence-corrected chi connectivity index (χ2v) is 16.0. The normalized spacial score (nSPS) is 21.5. The largest absolute Gasteiger partial charge is 0.494 e. The van der Waals surface area contributed by atoms with Crippen LogP contribution in [0.1, 0.15) is 177 Å². The molecule has 2 atom stereocenters. The SMILES string of the molecule is CCCCC[C@H]1CC[C@H](CCCOc2ccc(C(=O)O[C@H](C)[C@@H](C)OC(=O)c3ccc(OCCC[C@H]4CC[C@H](CCCCC)CC4)cc3)cc2)CC1. The molecule has 0 heterocycles. The molecule has 52 heavy (non-hydrogen) atoms. The highest BCUT2D eigenvalue weighted by molar-refractivity contribution is 5.90. The molecule has 2 fully saturated rings. The van der Waals surface area contributed by atoms with E-state index in [4.69, 9.17) is 18.9 Å². The number of hydrogen-bond donors (Lipinski definition) is 0. The molecular weight excluding hydrogens is 648 g/mol. The van der Waals surface area contributed by atoms with Gasteiger partial charge < -0.3 is 18.9 Å². The Balaban J connectivity index is 1.06. The van der Waals surface area contributed by atoms with Crippen molar-refractivity contribution in [2.45, 2.75) is 168 Å². The van der Waals surface area contributed by atoms with Crippen LogP contribution in [0.2, 0.25) is 0 Å². The molecule has 0 N–H and O–H groups in total. The van der Waals surface area contributed by atoms with Gasteiger partial charge in [0.05, 0.1) is 24.3 Å². The highest BCUT2D eigenvalue weighted by Crippen LogP contribution is 2.35. The molecule has 4 rings (SSSR count). The van der Waals surface area contributed by atoms with E-state index in [2.05, 4.69) is 13.8 Å². The number of esters is 2. The van der Waals surface area contributed by atoms with Crippen LogP contribution in [-0.2, 0) is 9.47 Å². The minimum Gasteiger partial charge on any atom is -0.494 e. The fraction of sp³-hybridized carbons (Fsp3) is 0.696. The summed E-state index contributed by atoms with van der Waals surface area (Å²) in [6.45, 7) is 9.42. The van der Waals surface area contributed by atoms with Crippen molar-refractivity contribution < 1.29 is 28.5 Å². The molecular formula is C46H70O6. The number of hydrogen-bond acceptors (Lipinski definition) is 6. The van der Waals surface area contributed by atoms with Crippen LogP contribution >= 0.6 is 0 Å². The summed E-state index contributed by atoms with van der Waals surface area (Å²) in [5.74, 6) is 4.19. The van der Waals surface area contributed by atoms with E-state index < -0.39 is 24.1 Å². The van der Waals surface area contributed by atoms with Gasteiger partial charge in [-0.2, -0.15) is 0 Å². The van der Waals surface area contributed by atoms with Crippen LogP contribution in [0.25, 0.3) is 0 Å². The monoisotopic (exact) mass is 719 g/mol. The zero-order valence-corrected chi connectivity index (χ0v) is 33.1. The van der Waals surface area contributed by atoms with Gasteiger partial charge in [0, 0.05) is 0 Å². The minimum absolute atomic E-state index is 0.439. The van der Waals surface area contributed by atoms with Gasteiger partial charge in [-0.3, -0.25) is 0 Å².